The van der Waals surface area contributed by atoms with Crippen LogP contribution in [0.3, 0.4) is 0 Å². The second-order valence-electron chi connectivity index (χ2n) is 5.11. The van der Waals surface area contributed by atoms with Crippen LogP contribution in [0.15, 0.2) is 76.8 Å². The fourth-order valence-electron chi connectivity index (χ4n) is 2.29. The maximum atomic E-state index is 12.6. The van der Waals surface area contributed by atoms with Crippen LogP contribution >= 0.6 is 11.8 Å². The smallest absolute Gasteiger partial charge is 0.287 e. The van der Waals surface area contributed by atoms with E-state index < -0.39 is 0 Å². The molecule has 0 aliphatic heterocycles. The molecule has 3 aromatic rings. The number of ether oxygens (including phenoxy) is 1. The van der Waals surface area contributed by atoms with Crippen molar-refractivity contribution in [3.8, 4) is 11.4 Å². The molecule has 0 bridgehead atoms. The minimum absolute atomic E-state index is 0.109. The molecule has 4 nitrogen and oxygen atoms in total. The van der Waals surface area contributed by atoms with Gasteiger partial charge < -0.3 is 4.74 Å². The van der Waals surface area contributed by atoms with Gasteiger partial charge in [-0.1, -0.05) is 42.1 Å². The Kier molecular flexibility index (Phi) is 5.33. The number of hydrogen-bond acceptors (Lipinski definition) is 4. The summed E-state index contributed by atoms with van der Waals surface area (Å²) in [6, 6.07) is 17.5. The van der Waals surface area contributed by atoms with E-state index in [9.17, 15) is 4.79 Å². The predicted molar refractivity (Wildman–Crippen MR) is 97.0 cm³/mol. The molecule has 0 saturated carbocycles. The average Bonchev–Trinajstić information content (AvgIpc) is 2.63. The summed E-state index contributed by atoms with van der Waals surface area (Å²) < 4.78 is 7.04. The van der Waals surface area contributed by atoms with Crippen LogP contribution in [0.4, 0.5) is 0 Å². The number of rotatable bonds is 6. The highest BCUT2D eigenvalue weighted by Crippen LogP contribution is 2.19. The Hall–Kier alpha value is -2.53. The van der Waals surface area contributed by atoms with Crippen LogP contribution in [-0.4, -0.2) is 16.2 Å². The van der Waals surface area contributed by atoms with Crippen molar-refractivity contribution < 1.29 is 4.74 Å². The molecular formula is C19H18N2O2S. The average molecular weight is 338 g/mol. The molecule has 0 unspecified atom stereocenters. The number of hydrogen-bond donors (Lipinski definition) is 0. The van der Waals surface area contributed by atoms with Gasteiger partial charge in [-0.3, -0.25) is 9.36 Å². The highest BCUT2D eigenvalue weighted by molar-refractivity contribution is 7.98. The molecule has 5 heteroatoms. The molecule has 0 amide bonds. The highest BCUT2D eigenvalue weighted by Gasteiger charge is 2.08. The summed E-state index contributed by atoms with van der Waals surface area (Å²) >= 11 is 1.45. The van der Waals surface area contributed by atoms with Gasteiger partial charge in [-0.05, 0) is 36.8 Å². The largest absolute Gasteiger partial charge is 0.494 e. The van der Waals surface area contributed by atoms with Gasteiger partial charge in [-0.15, -0.1) is 0 Å². The molecule has 24 heavy (non-hydrogen) atoms. The first-order valence-electron chi connectivity index (χ1n) is 7.75. The van der Waals surface area contributed by atoms with Crippen molar-refractivity contribution >= 4 is 11.8 Å². The first kappa shape index (κ1) is 16.3. The number of benzene rings is 2. The van der Waals surface area contributed by atoms with Crippen molar-refractivity contribution in [3.05, 3.63) is 82.9 Å². The van der Waals surface area contributed by atoms with Gasteiger partial charge in [0.1, 0.15) is 5.75 Å². The second kappa shape index (κ2) is 7.84. The number of nitrogens with zero attached hydrogens (tertiary/aromatic N) is 2. The zero-order valence-electron chi connectivity index (χ0n) is 13.4. The van der Waals surface area contributed by atoms with Gasteiger partial charge in [-0.25, -0.2) is 4.98 Å². The summed E-state index contributed by atoms with van der Waals surface area (Å²) in [4.78, 5) is 16.9. The van der Waals surface area contributed by atoms with E-state index in [1.165, 1.54) is 17.3 Å². The first-order valence-corrected chi connectivity index (χ1v) is 8.74. The van der Waals surface area contributed by atoms with Gasteiger partial charge in [0, 0.05) is 23.8 Å². The first-order chi connectivity index (χ1) is 11.8. The van der Waals surface area contributed by atoms with Crippen molar-refractivity contribution in [1.29, 1.82) is 0 Å². The van der Waals surface area contributed by atoms with E-state index in [0.717, 1.165) is 17.2 Å². The molecule has 0 radical (unpaired) electrons. The monoisotopic (exact) mass is 338 g/mol. The SMILES string of the molecule is CCOc1ccc(-n2ccnc(SCc3ccccc3)c2=O)cc1. The van der Waals surface area contributed by atoms with Crippen LogP contribution in [0.1, 0.15) is 12.5 Å². The highest BCUT2D eigenvalue weighted by atomic mass is 32.2. The zero-order chi connectivity index (χ0) is 16.8. The van der Waals surface area contributed by atoms with Crippen molar-refractivity contribution in [3.63, 3.8) is 0 Å². The molecule has 2 aromatic carbocycles. The van der Waals surface area contributed by atoms with Gasteiger partial charge in [0.2, 0.25) is 0 Å². The third-order valence-corrected chi connectivity index (χ3v) is 4.48. The Morgan fingerprint density at radius 1 is 1.08 bits per heavy atom. The number of aromatic nitrogens is 2. The maximum absolute atomic E-state index is 12.6. The fourth-order valence-corrected chi connectivity index (χ4v) is 3.14. The lowest BCUT2D eigenvalue weighted by atomic mass is 10.2. The van der Waals surface area contributed by atoms with Crippen molar-refractivity contribution in [2.75, 3.05) is 6.61 Å². The lowest BCUT2D eigenvalue weighted by Gasteiger charge is -2.09. The Morgan fingerprint density at radius 2 is 1.83 bits per heavy atom. The summed E-state index contributed by atoms with van der Waals surface area (Å²) in [5.41, 5.74) is 1.86. The Morgan fingerprint density at radius 3 is 2.54 bits per heavy atom. The van der Waals surface area contributed by atoms with E-state index in [1.807, 2.05) is 61.5 Å². The Bertz CT molecular complexity index is 845. The predicted octanol–water partition coefficient (Wildman–Crippen LogP) is 3.92. The fraction of sp³-hybridized carbons (Fsp3) is 0.158. The van der Waals surface area contributed by atoms with Crippen LogP contribution < -0.4 is 10.3 Å². The van der Waals surface area contributed by atoms with Crippen LogP contribution in [0, 0.1) is 0 Å². The third kappa shape index (κ3) is 3.86. The molecule has 0 aliphatic carbocycles. The Balaban J connectivity index is 1.81. The van der Waals surface area contributed by atoms with E-state index in [2.05, 4.69) is 4.98 Å². The summed E-state index contributed by atoms with van der Waals surface area (Å²) in [6.45, 7) is 2.56. The van der Waals surface area contributed by atoms with Gasteiger partial charge in [0.05, 0.1) is 6.61 Å². The lowest BCUT2D eigenvalue weighted by Crippen LogP contribution is -2.20. The van der Waals surface area contributed by atoms with E-state index in [4.69, 9.17) is 4.74 Å². The van der Waals surface area contributed by atoms with Crippen molar-refractivity contribution in [2.45, 2.75) is 17.7 Å². The van der Waals surface area contributed by atoms with Gasteiger partial charge in [0.15, 0.2) is 5.03 Å². The minimum Gasteiger partial charge on any atom is -0.494 e. The molecule has 0 spiro atoms. The molecule has 3 rings (SSSR count). The van der Waals surface area contributed by atoms with Crippen LogP contribution in [0.5, 0.6) is 5.75 Å². The summed E-state index contributed by atoms with van der Waals surface area (Å²) in [6.07, 6.45) is 3.34. The molecule has 0 atom stereocenters. The topological polar surface area (TPSA) is 44.1 Å². The van der Waals surface area contributed by atoms with Crippen molar-refractivity contribution in [1.82, 2.24) is 9.55 Å². The normalized spacial score (nSPS) is 10.5. The maximum Gasteiger partial charge on any atom is 0.287 e. The van der Waals surface area contributed by atoms with Gasteiger partial charge >= 0.3 is 0 Å². The van der Waals surface area contributed by atoms with Crippen LogP contribution in [0.2, 0.25) is 0 Å². The van der Waals surface area contributed by atoms with Gasteiger partial charge in [0.25, 0.3) is 5.56 Å². The molecule has 0 aliphatic rings. The van der Waals surface area contributed by atoms with E-state index in [1.54, 1.807) is 17.0 Å². The third-order valence-electron chi connectivity index (χ3n) is 3.45. The van der Waals surface area contributed by atoms with Gasteiger partial charge in [-0.2, -0.15) is 0 Å². The van der Waals surface area contributed by atoms with E-state index in [0.29, 0.717) is 11.6 Å². The van der Waals surface area contributed by atoms with Crippen LogP contribution in [-0.2, 0) is 5.75 Å². The van der Waals surface area contributed by atoms with E-state index >= 15 is 0 Å². The summed E-state index contributed by atoms with van der Waals surface area (Å²) in [7, 11) is 0. The summed E-state index contributed by atoms with van der Waals surface area (Å²) in [5.74, 6) is 1.51. The van der Waals surface area contributed by atoms with Crippen molar-refractivity contribution in [2.24, 2.45) is 0 Å². The number of thioether (sulfide) groups is 1. The zero-order valence-corrected chi connectivity index (χ0v) is 14.2. The molecule has 0 saturated heterocycles. The molecular weight excluding hydrogens is 320 g/mol. The van der Waals surface area contributed by atoms with Crippen LogP contribution in [0.25, 0.3) is 5.69 Å². The molecule has 122 valence electrons. The Labute approximate surface area is 145 Å². The summed E-state index contributed by atoms with van der Waals surface area (Å²) in [5, 5.41) is 0.496. The molecule has 1 heterocycles. The minimum atomic E-state index is -0.109. The second-order valence-corrected chi connectivity index (χ2v) is 6.07. The molecule has 0 N–H and O–H groups in total. The molecule has 1 aromatic heterocycles. The molecule has 0 fully saturated rings. The lowest BCUT2D eigenvalue weighted by molar-refractivity contribution is 0.340. The van der Waals surface area contributed by atoms with E-state index in [-0.39, 0.29) is 5.56 Å². The quantitative estimate of drug-likeness (QED) is 0.639. The standard InChI is InChI=1S/C19H18N2O2S/c1-2-23-17-10-8-16(9-11-17)21-13-12-20-18(19(21)22)24-14-15-6-4-3-5-7-15/h3-13H,2,14H2,1H3.